The van der Waals surface area contributed by atoms with E-state index >= 15 is 0 Å². The maximum Gasteiger partial charge on any atom is 0.315 e. The summed E-state index contributed by atoms with van der Waals surface area (Å²) < 4.78 is 5.83. The maximum atomic E-state index is 12.2. The van der Waals surface area contributed by atoms with Gasteiger partial charge in [0.2, 0.25) is 0 Å². The third-order valence-corrected chi connectivity index (χ3v) is 4.60. The number of ether oxygens (including phenoxy) is 1. The van der Waals surface area contributed by atoms with E-state index in [-0.39, 0.29) is 12.1 Å². The van der Waals surface area contributed by atoms with E-state index in [4.69, 9.17) is 4.74 Å². The SMILES string of the molecule is CCCCOc1cc2cc(c1)CNC(=O)NCc1cccc(c1)CNC(=O)NC2. The molecule has 4 amide bonds. The van der Waals surface area contributed by atoms with Crippen molar-refractivity contribution in [1.29, 1.82) is 0 Å². The van der Waals surface area contributed by atoms with Gasteiger partial charge in [0.15, 0.2) is 0 Å². The first-order chi connectivity index (χ1) is 14.1. The number of fused-ring (bicyclic) bond motifs is 4. The molecule has 4 bridgehead atoms. The van der Waals surface area contributed by atoms with Gasteiger partial charge in [-0.2, -0.15) is 0 Å². The van der Waals surface area contributed by atoms with Crippen molar-refractivity contribution in [2.45, 2.75) is 45.9 Å². The third kappa shape index (κ3) is 6.71. The van der Waals surface area contributed by atoms with Gasteiger partial charge in [0, 0.05) is 26.2 Å². The van der Waals surface area contributed by atoms with Crippen LogP contribution in [0, 0.1) is 0 Å². The first kappa shape index (κ1) is 20.5. The van der Waals surface area contributed by atoms with Crippen molar-refractivity contribution < 1.29 is 14.3 Å². The lowest BCUT2D eigenvalue weighted by atomic mass is 10.1. The topological polar surface area (TPSA) is 91.5 Å². The molecule has 0 unspecified atom stereocenters. The molecule has 1 aliphatic rings. The predicted molar refractivity (Wildman–Crippen MR) is 111 cm³/mol. The molecule has 4 N–H and O–H groups in total. The number of nitrogens with one attached hydrogen (secondary N) is 4. The number of hydrogen-bond acceptors (Lipinski definition) is 3. The van der Waals surface area contributed by atoms with Crippen molar-refractivity contribution in [2.75, 3.05) is 6.61 Å². The Kier molecular flexibility index (Phi) is 7.33. The highest BCUT2D eigenvalue weighted by Crippen LogP contribution is 2.18. The molecule has 0 fully saturated rings. The van der Waals surface area contributed by atoms with Crippen LogP contribution in [-0.4, -0.2) is 18.7 Å². The zero-order valence-corrected chi connectivity index (χ0v) is 16.7. The molecule has 7 heteroatoms. The first-order valence-electron chi connectivity index (χ1n) is 9.99. The van der Waals surface area contributed by atoms with Crippen LogP contribution in [0.1, 0.15) is 42.0 Å². The molecule has 29 heavy (non-hydrogen) atoms. The summed E-state index contributed by atoms with van der Waals surface area (Å²) in [5.41, 5.74) is 3.78. The molecule has 1 heterocycles. The molecule has 2 aromatic rings. The van der Waals surface area contributed by atoms with Gasteiger partial charge in [0.1, 0.15) is 5.75 Å². The Morgan fingerprint density at radius 3 is 1.76 bits per heavy atom. The van der Waals surface area contributed by atoms with E-state index in [1.54, 1.807) is 0 Å². The largest absolute Gasteiger partial charge is 0.494 e. The second kappa shape index (κ2) is 10.4. The Morgan fingerprint density at radius 1 is 0.759 bits per heavy atom. The zero-order chi connectivity index (χ0) is 20.5. The second-order valence-electron chi connectivity index (χ2n) is 7.08. The summed E-state index contributed by atoms with van der Waals surface area (Å²) in [7, 11) is 0. The molecule has 0 saturated heterocycles. The Balaban J connectivity index is 1.76. The van der Waals surface area contributed by atoms with Gasteiger partial charge < -0.3 is 26.0 Å². The molecule has 7 nitrogen and oxygen atoms in total. The maximum absolute atomic E-state index is 12.2. The van der Waals surface area contributed by atoms with Crippen LogP contribution in [0.5, 0.6) is 5.75 Å². The van der Waals surface area contributed by atoms with Crippen LogP contribution in [0.25, 0.3) is 0 Å². The minimum absolute atomic E-state index is 0.229. The summed E-state index contributed by atoms with van der Waals surface area (Å²) in [6.07, 6.45) is 2.03. The van der Waals surface area contributed by atoms with Crippen LogP contribution in [0.15, 0.2) is 42.5 Å². The summed E-state index contributed by atoms with van der Waals surface area (Å²) in [6.45, 7) is 4.32. The van der Waals surface area contributed by atoms with Crippen LogP contribution in [0.2, 0.25) is 0 Å². The molecule has 2 aromatic carbocycles. The van der Waals surface area contributed by atoms with Crippen LogP contribution < -0.4 is 26.0 Å². The fraction of sp³-hybridized carbons (Fsp3) is 0.364. The van der Waals surface area contributed by atoms with Gasteiger partial charge in [-0.05, 0) is 40.8 Å². The number of hydrogen-bond donors (Lipinski definition) is 4. The smallest absolute Gasteiger partial charge is 0.315 e. The first-order valence-corrected chi connectivity index (χ1v) is 9.99. The van der Waals surface area contributed by atoms with Gasteiger partial charge in [-0.15, -0.1) is 0 Å². The quantitative estimate of drug-likeness (QED) is 0.598. The molecule has 1 aliphatic heterocycles. The standard InChI is InChI=1S/C22H28N4O3/c1-2-3-7-29-20-10-18-9-19(11-20)15-26-22(28)24-13-17-6-4-5-16(8-17)12-23-21(27)25-14-18/h4-6,8-11H,2-3,7,12-15H2,1H3,(H2,23,25,27)(H2,24,26,28). The minimum atomic E-state index is -0.229. The Morgan fingerprint density at radius 2 is 1.24 bits per heavy atom. The summed E-state index contributed by atoms with van der Waals surface area (Å²) in [5, 5.41) is 11.5. The summed E-state index contributed by atoms with van der Waals surface area (Å²) in [4.78, 5) is 24.4. The fourth-order valence-corrected chi connectivity index (χ4v) is 3.05. The highest BCUT2D eigenvalue weighted by molar-refractivity contribution is 5.74. The van der Waals surface area contributed by atoms with E-state index < -0.39 is 0 Å². The molecular weight excluding hydrogens is 368 g/mol. The van der Waals surface area contributed by atoms with E-state index in [0.29, 0.717) is 32.8 Å². The van der Waals surface area contributed by atoms with Crippen molar-refractivity contribution >= 4 is 12.1 Å². The number of benzene rings is 2. The van der Waals surface area contributed by atoms with E-state index in [9.17, 15) is 9.59 Å². The number of amides is 4. The van der Waals surface area contributed by atoms with Gasteiger partial charge in [-0.3, -0.25) is 0 Å². The summed E-state index contributed by atoms with van der Waals surface area (Å²) >= 11 is 0. The Hall–Kier alpha value is -3.22. The molecule has 0 aliphatic carbocycles. The lowest BCUT2D eigenvalue weighted by molar-refractivity contribution is 0.239. The van der Waals surface area contributed by atoms with E-state index in [1.165, 1.54) is 0 Å². The molecule has 0 radical (unpaired) electrons. The molecule has 154 valence electrons. The van der Waals surface area contributed by atoms with Gasteiger partial charge in [-0.25, -0.2) is 9.59 Å². The average Bonchev–Trinajstić information content (AvgIpc) is 2.73. The fourth-order valence-electron chi connectivity index (χ4n) is 3.05. The number of urea groups is 2. The normalized spacial score (nSPS) is 14.8. The van der Waals surface area contributed by atoms with Crippen LogP contribution in [-0.2, 0) is 26.2 Å². The Labute approximate surface area is 171 Å². The van der Waals surface area contributed by atoms with Crippen molar-refractivity contribution in [3.05, 3.63) is 64.7 Å². The molecule has 0 atom stereocenters. The van der Waals surface area contributed by atoms with Gasteiger partial charge in [0.25, 0.3) is 0 Å². The minimum Gasteiger partial charge on any atom is -0.494 e. The van der Waals surface area contributed by atoms with Crippen molar-refractivity contribution in [2.24, 2.45) is 0 Å². The van der Waals surface area contributed by atoms with Crippen molar-refractivity contribution in [3.63, 3.8) is 0 Å². The lowest BCUT2D eigenvalue weighted by Crippen LogP contribution is -2.35. The van der Waals surface area contributed by atoms with Gasteiger partial charge >= 0.3 is 12.1 Å². The zero-order valence-electron chi connectivity index (χ0n) is 16.7. The van der Waals surface area contributed by atoms with Crippen LogP contribution in [0.4, 0.5) is 9.59 Å². The molecule has 0 aromatic heterocycles. The van der Waals surface area contributed by atoms with Crippen LogP contribution >= 0.6 is 0 Å². The van der Waals surface area contributed by atoms with Gasteiger partial charge in [0.05, 0.1) is 6.61 Å². The van der Waals surface area contributed by atoms with E-state index in [1.807, 2.05) is 42.5 Å². The summed E-state index contributed by atoms with van der Waals surface area (Å²) in [6, 6.07) is 13.1. The molecular formula is C22H28N4O3. The third-order valence-electron chi connectivity index (χ3n) is 4.60. The summed E-state index contributed by atoms with van der Waals surface area (Å²) in [5.74, 6) is 0.742. The molecule has 3 rings (SSSR count). The van der Waals surface area contributed by atoms with E-state index in [2.05, 4.69) is 28.2 Å². The number of carbonyl (C=O) groups is 2. The van der Waals surface area contributed by atoms with Crippen molar-refractivity contribution in [1.82, 2.24) is 21.3 Å². The van der Waals surface area contributed by atoms with Crippen molar-refractivity contribution in [3.8, 4) is 5.75 Å². The number of unbranched alkanes of at least 4 members (excludes halogenated alkanes) is 1. The highest BCUT2D eigenvalue weighted by atomic mass is 16.5. The number of carbonyl (C=O) groups excluding carboxylic acids is 2. The molecule has 0 saturated carbocycles. The average molecular weight is 396 g/mol. The van der Waals surface area contributed by atoms with Gasteiger partial charge in [-0.1, -0.05) is 43.7 Å². The van der Waals surface area contributed by atoms with Crippen LogP contribution in [0.3, 0.4) is 0 Å². The lowest BCUT2D eigenvalue weighted by Gasteiger charge is -2.14. The van der Waals surface area contributed by atoms with E-state index in [0.717, 1.165) is 40.8 Å². The highest BCUT2D eigenvalue weighted by Gasteiger charge is 2.08. The second-order valence-corrected chi connectivity index (χ2v) is 7.08. The number of rotatable bonds is 4. The molecule has 0 spiro atoms. The Bertz CT molecular complexity index is 796. The monoisotopic (exact) mass is 396 g/mol. The predicted octanol–water partition coefficient (Wildman–Crippen LogP) is 3.18.